The molecule has 21 heavy (non-hydrogen) atoms. The first-order valence-electron chi connectivity index (χ1n) is 6.89. The molecule has 1 atom stereocenters. The number of benzene rings is 1. The van der Waals surface area contributed by atoms with E-state index in [0.29, 0.717) is 28.9 Å². The number of fused-ring (bicyclic) bond motifs is 1. The highest BCUT2D eigenvalue weighted by molar-refractivity contribution is 6.02. The van der Waals surface area contributed by atoms with Crippen molar-refractivity contribution in [2.24, 2.45) is 5.92 Å². The normalized spacial score (nSPS) is 12.6. The quantitative estimate of drug-likeness (QED) is 0.754. The monoisotopic (exact) mass is 289 g/mol. The molecule has 0 amide bonds. The number of aromatic carboxylic acids is 1. The third kappa shape index (κ3) is 3.66. The highest BCUT2D eigenvalue weighted by Gasteiger charge is 2.17. The maximum absolute atomic E-state index is 11.3. The first-order valence-corrected chi connectivity index (χ1v) is 6.89. The smallest absolute Gasteiger partial charge is 0.358 e. The molecule has 1 unspecified atom stereocenters. The van der Waals surface area contributed by atoms with Crippen molar-refractivity contribution in [1.29, 1.82) is 0 Å². The molecule has 6 nitrogen and oxygen atoms in total. The first-order chi connectivity index (χ1) is 9.99. The number of anilines is 1. The van der Waals surface area contributed by atoms with Crippen molar-refractivity contribution in [3.8, 4) is 0 Å². The van der Waals surface area contributed by atoms with E-state index in [1.165, 1.54) is 0 Å². The average molecular weight is 289 g/mol. The molecule has 1 heterocycles. The fraction of sp³-hybridized carbons (Fsp3) is 0.400. The van der Waals surface area contributed by atoms with Crippen molar-refractivity contribution in [1.82, 2.24) is 10.2 Å². The average Bonchev–Trinajstić information content (AvgIpc) is 2.43. The van der Waals surface area contributed by atoms with Gasteiger partial charge in [-0.3, -0.25) is 0 Å². The lowest BCUT2D eigenvalue weighted by Gasteiger charge is -2.16. The molecule has 0 aliphatic carbocycles. The van der Waals surface area contributed by atoms with Gasteiger partial charge in [-0.2, -0.15) is 0 Å². The molecular weight excluding hydrogens is 270 g/mol. The van der Waals surface area contributed by atoms with Gasteiger partial charge in [-0.05, 0) is 18.4 Å². The molecule has 0 aliphatic rings. The van der Waals surface area contributed by atoms with Crippen LogP contribution in [0.5, 0.6) is 0 Å². The highest BCUT2D eigenvalue weighted by atomic mass is 16.4. The van der Waals surface area contributed by atoms with E-state index in [2.05, 4.69) is 15.5 Å². The van der Waals surface area contributed by atoms with Gasteiger partial charge in [-0.15, -0.1) is 10.2 Å². The standard InChI is InChI=1S/C15H19N3O3/c1-9(2)7-10(19)8-16-13-11-5-3-4-6-12(11)17-18-14(13)15(20)21/h3-6,9-10,19H,7-8H2,1-2H3,(H,16,17)(H,20,21). The van der Waals surface area contributed by atoms with Gasteiger partial charge in [0, 0.05) is 11.9 Å². The predicted octanol–water partition coefficient (Wildman–Crippen LogP) is 2.15. The second-order valence-corrected chi connectivity index (χ2v) is 5.41. The number of hydrogen-bond acceptors (Lipinski definition) is 5. The maximum atomic E-state index is 11.3. The first kappa shape index (κ1) is 15.2. The third-order valence-corrected chi connectivity index (χ3v) is 3.13. The summed E-state index contributed by atoms with van der Waals surface area (Å²) in [6.45, 7) is 4.32. The van der Waals surface area contributed by atoms with Crippen LogP contribution >= 0.6 is 0 Å². The van der Waals surface area contributed by atoms with E-state index in [-0.39, 0.29) is 12.2 Å². The number of aliphatic hydroxyl groups is 1. The molecule has 6 heteroatoms. The third-order valence-electron chi connectivity index (χ3n) is 3.13. The van der Waals surface area contributed by atoms with Crippen LogP contribution in [0.2, 0.25) is 0 Å². The molecule has 0 saturated carbocycles. The Hall–Kier alpha value is -2.21. The molecule has 0 radical (unpaired) electrons. The second-order valence-electron chi connectivity index (χ2n) is 5.41. The van der Waals surface area contributed by atoms with Gasteiger partial charge in [0.1, 0.15) is 0 Å². The molecule has 0 bridgehead atoms. The number of nitrogens with zero attached hydrogens (tertiary/aromatic N) is 2. The van der Waals surface area contributed by atoms with E-state index < -0.39 is 12.1 Å². The summed E-state index contributed by atoms with van der Waals surface area (Å²) in [5.74, 6) is -0.776. The lowest BCUT2D eigenvalue weighted by molar-refractivity contribution is 0.0690. The summed E-state index contributed by atoms with van der Waals surface area (Å²) in [5, 5.41) is 30.5. The Bertz CT molecular complexity index is 643. The van der Waals surface area contributed by atoms with Crippen LogP contribution in [-0.2, 0) is 0 Å². The topological polar surface area (TPSA) is 95.3 Å². The highest BCUT2D eigenvalue weighted by Crippen LogP contribution is 2.24. The molecule has 0 aliphatic heterocycles. The molecule has 2 rings (SSSR count). The van der Waals surface area contributed by atoms with E-state index in [9.17, 15) is 15.0 Å². The molecule has 1 aromatic heterocycles. The lowest BCUT2D eigenvalue weighted by atomic mass is 10.1. The molecule has 3 N–H and O–H groups in total. The zero-order valence-electron chi connectivity index (χ0n) is 12.1. The van der Waals surface area contributed by atoms with Crippen LogP contribution in [-0.4, -0.2) is 39.0 Å². The minimum Gasteiger partial charge on any atom is -0.476 e. The Morgan fingerprint density at radius 2 is 2.00 bits per heavy atom. The summed E-state index contributed by atoms with van der Waals surface area (Å²) >= 11 is 0. The number of hydrogen-bond donors (Lipinski definition) is 3. The number of nitrogens with one attached hydrogen (secondary N) is 1. The van der Waals surface area contributed by atoms with Gasteiger partial charge in [-0.25, -0.2) is 4.79 Å². The fourth-order valence-electron chi connectivity index (χ4n) is 2.23. The van der Waals surface area contributed by atoms with Gasteiger partial charge in [-0.1, -0.05) is 32.0 Å². The summed E-state index contributed by atoms with van der Waals surface area (Å²) in [7, 11) is 0. The van der Waals surface area contributed by atoms with Crippen LogP contribution in [0.1, 0.15) is 30.8 Å². The summed E-state index contributed by atoms with van der Waals surface area (Å²) < 4.78 is 0. The Kier molecular flexibility index (Phi) is 4.70. The van der Waals surface area contributed by atoms with Gasteiger partial charge in [0.15, 0.2) is 5.69 Å². The number of aliphatic hydroxyl groups excluding tert-OH is 1. The minimum absolute atomic E-state index is 0.134. The van der Waals surface area contributed by atoms with Gasteiger partial charge in [0.2, 0.25) is 0 Å². The largest absolute Gasteiger partial charge is 0.476 e. The van der Waals surface area contributed by atoms with Gasteiger partial charge < -0.3 is 15.5 Å². The number of aromatic nitrogens is 2. The van der Waals surface area contributed by atoms with Crippen molar-refractivity contribution >= 4 is 22.6 Å². The van der Waals surface area contributed by atoms with Crippen molar-refractivity contribution in [3.05, 3.63) is 30.0 Å². The van der Waals surface area contributed by atoms with Crippen LogP contribution in [0.15, 0.2) is 24.3 Å². The maximum Gasteiger partial charge on any atom is 0.358 e. The Morgan fingerprint density at radius 1 is 1.29 bits per heavy atom. The number of carboxylic acids is 1. The van der Waals surface area contributed by atoms with E-state index >= 15 is 0 Å². The van der Waals surface area contributed by atoms with Crippen molar-refractivity contribution in [2.75, 3.05) is 11.9 Å². The van der Waals surface area contributed by atoms with Gasteiger partial charge in [0.05, 0.1) is 17.3 Å². The zero-order valence-corrected chi connectivity index (χ0v) is 12.1. The van der Waals surface area contributed by atoms with E-state index in [1.807, 2.05) is 26.0 Å². The van der Waals surface area contributed by atoms with E-state index in [0.717, 1.165) is 0 Å². The lowest BCUT2D eigenvalue weighted by Crippen LogP contribution is -2.23. The second kappa shape index (κ2) is 6.49. The Morgan fingerprint density at radius 3 is 2.67 bits per heavy atom. The Labute approximate surface area is 122 Å². The van der Waals surface area contributed by atoms with E-state index in [1.54, 1.807) is 12.1 Å². The SMILES string of the molecule is CC(C)CC(O)CNc1c(C(=O)O)nnc2ccccc12. The summed E-state index contributed by atoms with van der Waals surface area (Å²) in [6, 6.07) is 7.18. The minimum atomic E-state index is -1.14. The molecule has 1 aromatic carbocycles. The van der Waals surface area contributed by atoms with E-state index in [4.69, 9.17) is 0 Å². The van der Waals surface area contributed by atoms with Crippen LogP contribution in [0.4, 0.5) is 5.69 Å². The predicted molar refractivity (Wildman–Crippen MR) is 80.4 cm³/mol. The Balaban J connectivity index is 2.31. The molecule has 0 saturated heterocycles. The van der Waals surface area contributed by atoms with Crippen LogP contribution in [0.25, 0.3) is 10.9 Å². The van der Waals surface area contributed by atoms with Crippen LogP contribution in [0, 0.1) is 5.92 Å². The molecular formula is C15H19N3O3. The van der Waals surface area contributed by atoms with Crippen molar-refractivity contribution in [2.45, 2.75) is 26.4 Å². The molecule has 112 valence electrons. The summed E-state index contributed by atoms with van der Waals surface area (Å²) in [4.78, 5) is 11.3. The summed E-state index contributed by atoms with van der Waals surface area (Å²) in [5.41, 5.74) is 0.879. The van der Waals surface area contributed by atoms with Gasteiger partial charge in [0.25, 0.3) is 0 Å². The van der Waals surface area contributed by atoms with Crippen LogP contribution in [0.3, 0.4) is 0 Å². The molecule has 0 fully saturated rings. The zero-order chi connectivity index (χ0) is 15.4. The number of carbonyl (C=O) groups is 1. The van der Waals surface area contributed by atoms with Crippen LogP contribution < -0.4 is 5.32 Å². The number of carboxylic acid groups (broad SMARTS) is 1. The summed E-state index contributed by atoms with van der Waals surface area (Å²) in [6.07, 6.45) is 0.102. The fourth-order valence-corrected chi connectivity index (χ4v) is 2.23. The number of rotatable bonds is 6. The van der Waals surface area contributed by atoms with Crippen molar-refractivity contribution in [3.63, 3.8) is 0 Å². The van der Waals surface area contributed by atoms with Crippen molar-refractivity contribution < 1.29 is 15.0 Å². The van der Waals surface area contributed by atoms with Gasteiger partial charge >= 0.3 is 5.97 Å². The molecule has 0 spiro atoms. The molecule has 2 aromatic rings.